The van der Waals surface area contributed by atoms with Crippen molar-refractivity contribution in [1.82, 2.24) is 0 Å². The van der Waals surface area contributed by atoms with Crippen molar-refractivity contribution in [1.29, 1.82) is 0 Å². The number of benzene rings is 1. The molecule has 0 aliphatic rings. The molecule has 0 heterocycles. The lowest BCUT2D eigenvalue weighted by molar-refractivity contribution is -0.0433. The Morgan fingerprint density at radius 1 is 1.35 bits per heavy atom. The van der Waals surface area contributed by atoms with Gasteiger partial charge >= 0.3 is 0 Å². The van der Waals surface area contributed by atoms with Crippen molar-refractivity contribution in [3.05, 3.63) is 41.5 Å². The summed E-state index contributed by atoms with van der Waals surface area (Å²) in [5.74, 6) is 0. The van der Waals surface area contributed by atoms with E-state index in [9.17, 15) is 0 Å². The van der Waals surface area contributed by atoms with Gasteiger partial charge in [0.2, 0.25) is 0 Å². The number of hydrogen-bond donors (Lipinski definition) is 1. The molecule has 2 nitrogen and oxygen atoms in total. The number of nitrogens with two attached hydrogens (primary N) is 1. The molecule has 17 heavy (non-hydrogen) atoms. The molecule has 1 aromatic rings. The van der Waals surface area contributed by atoms with E-state index >= 15 is 0 Å². The second-order valence-electron chi connectivity index (χ2n) is 4.11. The van der Waals surface area contributed by atoms with E-state index in [1.165, 1.54) is 5.56 Å². The lowest BCUT2D eigenvalue weighted by Gasteiger charge is -2.31. The molecule has 0 aliphatic heterocycles. The lowest BCUT2D eigenvalue weighted by Crippen LogP contribution is -2.40. The van der Waals surface area contributed by atoms with Gasteiger partial charge in [-0.3, -0.25) is 5.73 Å². The Morgan fingerprint density at radius 2 is 2.06 bits per heavy atom. The van der Waals surface area contributed by atoms with Crippen LogP contribution in [0, 0.1) is 0 Å². The molecule has 94 valence electrons. The largest absolute Gasteiger partial charge is 0.357 e. The SMILES string of the molecule is C=Cc1cccc(C(N)(CC)OCC)c1CC. The maximum absolute atomic E-state index is 6.37. The van der Waals surface area contributed by atoms with Gasteiger partial charge in [0, 0.05) is 12.2 Å². The summed E-state index contributed by atoms with van der Waals surface area (Å²) in [4.78, 5) is 0. The zero-order valence-electron chi connectivity index (χ0n) is 11.1. The molecule has 1 atom stereocenters. The zero-order chi connectivity index (χ0) is 12.9. The molecule has 0 amide bonds. The van der Waals surface area contributed by atoms with Crippen LogP contribution in [-0.2, 0) is 16.9 Å². The lowest BCUT2D eigenvalue weighted by atomic mass is 9.90. The molecule has 2 heteroatoms. The van der Waals surface area contributed by atoms with Gasteiger partial charge in [-0.15, -0.1) is 0 Å². The van der Waals surface area contributed by atoms with Crippen LogP contribution in [0.3, 0.4) is 0 Å². The van der Waals surface area contributed by atoms with Crippen LogP contribution < -0.4 is 5.73 Å². The molecule has 0 saturated carbocycles. The summed E-state index contributed by atoms with van der Waals surface area (Å²) >= 11 is 0. The molecular formula is C15H23NO. The third kappa shape index (κ3) is 2.76. The summed E-state index contributed by atoms with van der Waals surface area (Å²) in [6, 6.07) is 6.14. The molecule has 0 aromatic heterocycles. The van der Waals surface area contributed by atoms with E-state index in [2.05, 4.69) is 32.6 Å². The number of rotatable bonds is 6. The molecular weight excluding hydrogens is 210 g/mol. The van der Waals surface area contributed by atoms with Gasteiger partial charge in [0.25, 0.3) is 0 Å². The summed E-state index contributed by atoms with van der Waals surface area (Å²) < 4.78 is 5.75. The van der Waals surface area contributed by atoms with Crippen LogP contribution in [0.15, 0.2) is 24.8 Å². The van der Waals surface area contributed by atoms with E-state index in [0.29, 0.717) is 6.61 Å². The van der Waals surface area contributed by atoms with Crippen LogP contribution in [0.5, 0.6) is 0 Å². The van der Waals surface area contributed by atoms with Gasteiger partial charge in [0.15, 0.2) is 0 Å². The number of ether oxygens (including phenoxy) is 1. The Kier molecular flexibility index (Phi) is 4.91. The fourth-order valence-electron chi connectivity index (χ4n) is 2.21. The second kappa shape index (κ2) is 5.99. The number of hydrogen-bond acceptors (Lipinski definition) is 2. The maximum Gasteiger partial charge on any atom is 0.142 e. The highest BCUT2D eigenvalue weighted by Crippen LogP contribution is 2.29. The third-order valence-electron chi connectivity index (χ3n) is 3.17. The summed E-state index contributed by atoms with van der Waals surface area (Å²) in [5, 5.41) is 0. The first-order valence-corrected chi connectivity index (χ1v) is 6.30. The minimum Gasteiger partial charge on any atom is -0.357 e. The maximum atomic E-state index is 6.37. The van der Waals surface area contributed by atoms with Crippen LogP contribution in [0.2, 0.25) is 0 Å². The summed E-state index contributed by atoms with van der Waals surface area (Å²) in [6.45, 7) is 10.6. The van der Waals surface area contributed by atoms with Crippen LogP contribution in [0.1, 0.15) is 43.9 Å². The predicted molar refractivity (Wildman–Crippen MR) is 73.7 cm³/mol. The van der Waals surface area contributed by atoms with E-state index in [-0.39, 0.29) is 0 Å². The monoisotopic (exact) mass is 233 g/mol. The van der Waals surface area contributed by atoms with Gasteiger partial charge in [-0.05, 0) is 30.9 Å². The first-order chi connectivity index (χ1) is 8.12. The molecule has 1 aromatic carbocycles. The fraction of sp³-hybridized carbons (Fsp3) is 0.467. The van der Waals surface area contributed by atoms with Crippen molar-refractivity contribution in [2.45, 2.75) is 39.3 Å². The fourth-order valence-corrected chi connectivity index (χ4v) is 2.21. The zero-order valence-corrected chi connectivity index (χ0v) is 11.1. The van der Waals surface area contributed by atoms with E-state index in [1.807, 2.05) is 19.1 Å². The van der Waals surface area contributed by atoms with Gasteiger partial charge in [0.1, 0.15) is 5.72 Å². The quantitative estimate of drug-likeness (QED) is 0.764. The normalized spacial score (nSPS) is 14.4. The molecule has 2 N–H and O–H groups in total. The van der Waals surface area contributed by atoms with E-state index in [1.54, 1.807) is 0 Å². The first kappa shape index (κ1) is 13.9. The average Bonchev–Trinajstić information content (AvgIpc) is 2.37. The topological polar surface area (TPSA) is 35.2 Å². The molecule has 0 saturated heterocycles. The molecule has 0 spiro atoms. The minimum atomic E-state index is -0.681. The molecule has 0 radical (unpaired) electrons. The molecule has 0 bridgehead atoms. The van der Waals surface area contributed by atoms with Gasteiger partial charge in [0.05, 0.1) is 0 Å². The highest BCUT2D eigenvalue weighted by atomic mass is 16.5. The molecule has 0 fully saturated rings. The van der Waals surface area contributed by atoms with Crippen molar-refractivity contribution in [3.8, 4) is 0 Å². The second-order valence-corrected chi connectivity index (χ2v) is 4.11. The molecule has 0 aliphatic carbocycles. The smallest absolute Gasteiger partial charge is 0.142 e. The average molecular weight is 233 g/mol. The standard InChI is InChI=1S/C15H23NO/c1-5-12-10-9-11-14(13(12)6-2)15(16,7-3)17-8-4/h5,9-11H,1,6-8,16H2,2-4H3. The van der Waals surface area contributed by atoms with E-state index in [0.717, 1.165) is 24.0 Å². The van der Waals surface area contributed by atoms with Gasteiger partial charge < -0.3 is 4.74 Å². The van der Waals surface area contributed by atoms with Gasteiger partial charge in [-0.2, -0.15) is 0 Å². The van der Waals surface area contributed by atoms with Crippen LogP contribution in [0.25, 0.3) is 6.08 Å². The Labute approximate surface area is 104 Å². The van der Waals surface area contributed by atoms with Crippen molar-refractivity contribution >= 4 is 6.08 Å². The minimum absolute atomic E-state index is 0.617. The highest BCUT2D eigenvalue weighted by molar-refractivity contribution is 5.55. The third-order valence-corrected chi connectivity index (χ3v) is 3.17. The van der Waals surface area contributed by atoms with Crippen molar-refractivity contribution in [2.24, 2.45) is 5.73 Å². The Balaban J connectivity index is 3.32. The summed E-state index contributed by atoms with van der Waals surface area (Å²) in [7, 11) is 0. The predicted octanol–water partition coefficient (Wildman–Crippen LogP) is 3.45. The van der Waals surface area contributed by atoms with Crippen LogP contribution in [0.4, 0.5) is 0 Å². The van der Waals surface area contributed by atoms with Crippen molar-refractivity contribution < 1.29 is 4.74 Å². The van der Waals surface area contributed by atoms with E-state index < -0.39 is 5.72 Å². The van der Waals surface area contributed by atoms with Crippen molar-refractivity contribution in [2.75, 3.05) is 6.61 Å². The first-order valence-electron chi connectivity index (χ1n) is 6.30. The van der Waals surface area contributed by atoms with E-state index in [4.69, 9.17) is 10.5 Å². The molecule has 1 unspecified atom stereocenters. The Morgan fingerprint density at radius 3 is 2.53 bits per heavy atom. The van der Waals surface area contributed by atoms with Crippen molar-refractivity contribution in [3.63, 3.8) is 0 Å². The molecule has 1 rings (SSSR count). The Bertz CT molecular complexity index is 387. The summed E-state index contributed by atoms with van der Waals surface area (Å²) in [5.41, 5.74) is 9.16. The van der Waals surface area contributed by atoms with Gasteiger partial charge in [-0.1, -0.05) is 44.7 Å². The van der Waals surface area contributed by atoms with Crippen LogP contribution in [-0.4, -0.2) is 6.61 Å². The highest BCUT2D eigenvalue weighted by Gasteiger charge is 2.28. The summed E-state index contributed by atoms with van der Waals surface area (Å²) in [6.07, 6.45) is 3.57. The Hall–Kier alpha value is -1.12. The van der Waals surface area contributed by atoms with Crippen LogP contribution >= 0.6 is 0 Å². The van der Waals surface area contributed by atoms with Gasteiger partial charge in [-0.25, -0.2) is 0 Å².